The number of nitrogens with one attached hydrogen (secondary N) is 1. The van der Waals surface area contributed by atoms with Gasteiger partial charge in [0.1, 0.15) is 0 Å². The Morgan fingerprint density at radius 1 is 1.26 bits per heavy atom. The van der Waals surface area contributed by atoms with E-state index in [4.69, 9.17) is 4.74 Å². The summed E-state index contributed by atoms with van der Waals surface area (Å²) in [6.07, 6.45) is 1.68. The van der Waals surface area contributed by atoms with E-state index >= 15 is 0 Å². The molecular formula is C19H23F2N3O3. The third-order valence-electron chi connectivity index (χ3n) is 3.98. The first-order valence-electron chi connectivity index (χ1n) is 8.54. The van der Waals surface area contributed by atoms with Crippen LogP contribution in [0.2, 0.25) is 0 Å². The van der Waals surface area contributed by atoms with Crippen LogP contribution in [0, 0.1) is 0 Å². The van der Waals surface area contributed by atoms with Gasteiger partial charge in [-0.15, -0.1) is 0 Å². The second kappa shape index (κ2) is 9.70. The van der Waals surface area contributed by atoms with Gasteiger partial charge in [0.2, 0.25) is 0 Å². The maximum absolute atomic E-state index is 12.5. The topological polar surface area (TPSA) is 63.7 Å². The minimum Gasteiger partial charge on any atom is -0.490 e. The van der Waals surface area contributed by atoms with E-state index in [2.05, 4.69) is 15.0 Å². The quantitative estimate of drug-likeness (QED) is 0.753. The molecule has 1 aromatic carbocycles. The number of alkyl halides is 2. The monoisotopic (exact) mass is 379 g/mol. The summed E-state index contributed by atoms with van der Waals surface area (Å²) >= 11 is 0. The van der Waals surface area contributed by atoms with Crippen molar-refractivity contribution < 1.29 is 23.0 Å². The first-order chi connectivity index (χ1) is 12.9. The molecule has 6 nitrogen and oxygen atoms in total. The highest BCUT2D eigenvalue weighted by atomic mass is 19.3. The van der Waals surface area contributed by atoms with Gasteiger partial charge >= 0.3 is 12.6 Å². The Labute approximate surface area is 157 Å². The average Bonchev–Trinajstić information content (AvgIpc) is 2.67. The van der Waals surface area contributed by atoms with Crippen LogP contribution < -0.4 is 14.8 Å². The van der Waals surface area contributed by atoms with Crippen LogP contribution in [0.3, 0.4) is 0 Å². The number of nitrogens with zero attached hydrogens (tertiary/aromatic N) is 2. The zero-order valence-electron chi connectivity index (χ0n) is 15.5. The van der Waals surface area contributed by atoms with Gasteiger partial charge in [-0.1, -0.05) is 12.1 Å². The molecule has 1 heterocycles. The number of carbonyl (C=O) groups is 1. The molecule has 0 saturated carbocycles. The summed E-state index contributed by atoms with van der Waals surface area (Å²) in [6, 6.07) is 9.62. The Kier molecular flexibility index (Phi) is 7.34. The van der Waals surface area contributed by atoms with E-state index in [9.17, 15) is 13.6 Å². The number of pyridine rings is 1. The van der Waals surface area contributed by atoms with Crippen molar-refractivity contribution in [3.8, 4) is 11.5 Å². The van der Waals surface area contributed by atoms with E-state index < -0.39 is 6.61 Å². The predicted molar refractivity (Wildman–Crippen MR) is 96.9 cm³/mol. The Morgan fingerprint density at radius 3 is 2.67 bits per heavy atom. The van der Waals surface area contributed by atoms with Crippen LogP contribution in [-0.2, 0) is 6.54 Å². The number of aromatic nitrogens is 1. The molecule has 0 fully saturated rings. The van der Waals surface area contributed by atoms with Crippen LogP contribution >= 0.6 is 0 Å². The van der Waals surface area contributed by atoms with Crippen LogP contribution in [0.25, 0.3) is 0 Å². The molecule has 27 heavy (non-hydrogen) atoms. The lowest BCUT2D eigenvalue weighted by atomic mass is 10.2. The van der Waals surface area contributed by atoms with Crippen molar-refractivity contribution in [1.82, 2.24) is 15.2 Å². The fourth-order valence-electron chi connectivity index (χ4n) is 2.42. The second-order valence-corrected chi connectivity index (χ2v) is 5.79. The first-order valence-corrected chi connectivity index (χ1v) is 8.54. The van der Waals surface area contributed by atoms with Gasteiger partial charge in [-0.3, -0.25) is 4.98 Å². The minimum atomic E-state index is -2.93. The molecule has 0 radical (unpaired) electrons. The smallest absolute Gasteiger partial charge is 0.387 e. The summed E-state index contributed by atoms with van der Waals surface area (Å²) < 4.78 is 34.7. The molecule has 0 aliphatic rings. The van der Waals surface area contributed by atoms with Gasteiger partial charge in [-0.25, -0.2) is 4.79 Å². The number of hydrogen-bond donors (Lipinski definition) is 1. The summed E-state index contributed by atoms with van der Waals surface area (Å²) in [5.41, 5.74) is 1.48. The Bertz CT molecular complexity index is 744. The molecule has 0 aliphatic carbocycles. The number of halogens is 2. The largest absolute Gasteiger partial charge is 0.490 e. The molecule has 0 saturated heterocycles. The Morgan fingerprint density at radius 2 is 2.04 bits per heavy atom. The van der Waals surface area contributed by atoms with Gasteiger partial charge in [0.15, 0.2) is 11.5 Å². The summed E-state index contributed by atoms with van der Waals surface area (Å²) in [6.45, 7) is 1.21. The van der Waals surface area contributed by atoms with E-state index in [1.165, 1.54) is 6.07 Å². The number of benzene rings is 1. The molecular weight excluding hydrogens is 356 g/mol. The van der Waals surface area contributed by atoms with Gasteiger partial charge in [-0.05, 0) is 43.7 Å². The normalized spacial score (nSPS) is 11.8. The molecule has 146 valence electrons. The molecule has 0 spiro atoms. The molecule has 1 unspecified atom stereocenters. The summed E-state index contributed by atoms with van der Waals surface area (Å²) in [4.78, 5) is 18.2. The van der Waals surface area contributed by atoms with Crippen LogP contribution in [0.1, 0.15) is 31.1 Å². The van der Waals surface area contributed by atoms with Gasteiger partial charge in [0.25, 0.3) is 0 Å². The minimum absolute atomic E-state index is 0.0391. The van der Waals surface area contributed by atoms with Crippen molar-refractivity contribution in [2.24, 2.45) is 0 Å². The Balaban J connectivity index is 2.00. The fraction of sp³-hybridized carbons (Fsp3) is 0.368. The van der Waals surface area contributed by atoms with Crippen molar-refractivity contribution >= 4 is 6.03 Å². The molecule has 2 rings (SSSR count). The number of urea groups is 1. The molecule has 1 atom stereocenters. The van der Waals surface area contributed by atoms with Crippen molar-refractivity contribution in [2.75, 3.05) is 13.7 Å². The van der Waals surface area contributed by atoms with Crippen LogP contribution in [0.15, 0.2) is 42.6 Å². The number of hydrogen-bond acceptors (Lipinski definition) is 4. The van der Waals surface area contributed by atoms with Crippen LogP contribution in [-0.4, -0.2) is 36.2 Å². The highest BCUT2D eigenvalue weighted by molar-refractivity contribution is 5.74. The van der Waals surface area contributed by atoms with E-state index in [0.717, 1.165) is 5.69 Å². The molecule has 2 aromatic rings. The maximum atomic E-state index is 12.5. The molecule has 1 aromatic heterocycles. The highest BCUT2D eigenvalue weighted by Crippen LogP contribution is 2.30. The number of amides is 2. The van der Waals surface area contributed by atoms with Crippen molar-refractivity contribution in [2.45, 2.75) is 33.0 Å². The molecule has 1 N–H and O–H groups in total. The lowest BCUT2D eigenvalue weighted by Crippen LogP contribution is -2.38. The van der Waals surface area contributed by atoms with Gasteiger partial charge in [0, 0.05) is 19.8 Å². The van der Waals surface area contributed by atoms with E-state index in [1.54, 1.807) is 37.2 Å². The van der Waals surface area contributed by atoms with E-state index in [-0.39, 0.29) is 30.1 Å². The van der Waals surface area contributed by atoms with Crippen molar-refractivity contribution in [3.63, 3.8) is 0 Å². The zero-order valence-corrected chi connectivity index (χ0v) is 15.5. The van der Waals surface area contributed by atoms with Crippen LogP contribution in [0.5, 0.6) is 11.5 Å². The number of ether oxygens (including phenoxy) is 2. The fourth-order valence-corrected chi connectivity index (χ4v) is 2.42. The van der Waals surface area contributed by atoms with Crippen molar-refractivity contribution in [3.05, 3.63) is 53.9 Å². The van der Waals surface area contributed by atoms with Gasteiger partial charge in [-0.2, -0.15) is 8.78 Å². The van der Waals surface area contributed by atoms with Crippen LogP contribution in [0.4, 0.5) is 13.6 Å². The first kappa shape index (κ1) is 20.4. The molecule has 8 heteroatoms. The summed E-state index contributed by atoms with van der Waals surface area (Å²) in [5, 5.41) is 2.79. The van der Waals surface area contributed by atoms with Gasteiger partial charge in [0.05, 0.1) is 18.3 Å². The number of rotatable bonds is 8. The highest BCUT2D eigenvalue weighted by Gasteiger charge is 2.18. The van der Waals surface area contributed by atoms with Crippen molar-refractivity contribution in [1.29, 1.82) is 0 Å². The predicted octanol–water partition coefficient (Wildman–Crippen LogP) is 3.98. The molecule has 0 aliphatic heterocycles. The standard InChI is InChI=1S/C19H23F2N3O3/c1-4-26-17-11-14(8-9-16(17)27-18(20)21)12-23-19(25)24(3)13(2)15-7-5-6-10-22-15/h5-11,13,18H,4,12H2,1-3H3,(H,23,25). The Hall–Kier alpha value is -2.90. The summed E-state index contributed by atoms with van der Waals surface area (Å²) in [5.74, 6) is 0.169. The SMILES string of the molecule is CCOc1cc(CNC(=O)N(C)C(C)c2ccccn2)ccc1OC(F)F. The third-order valence-corrected chi connectivity index (χ3v) is 3.98. The van der Waals surface area contributed by atoms with E-state index in [0.29, 0.717) is 12.2 Å². The average molecular weight is 379 g/mol. The molecule has 2 amide bonds. The lowest BCUT2D eigenvalue weighted by Gasteiger charge is -2.25. The van der Waals surface area contributed by atoms with Gasteiger partial charge < -0.3 is 19.7 Å². The lowest BCUT2D eigenvalue weighted by molar-refractivity contribution is -0.0514. The third kappa shape index (κ3) is 5.80. The second-order valence-electron chi connectivity index (χ2n) is 5.79. The molecule has 0 bridgehead atoms. The summed E-state index contributed by atoms with van der Waals surface area (Å²) in [7, 11) is 1.68. The van der Waals surface area contributed by atoms with E-state index in [1.807, 2.05) is 25.1 Å². The zero-order chi connectivity index (χ0) is 19.8. The maximum Gasteiger partial charge on any atom is 0.387 e. The number of carbonyl (C=O) groups excluding carboxylic acids is 1.